The molecule has 0 N–H and O–H groups in total. The van der Waals surface area contributed by atoms with E-state index in [0.29, 0.717) is 24.0 Å². The van der Waals surface area contributed by atoms with Crippen molar-refractivity contribution in [3.05, 3.63) is 11.1 Å². The Bertz CT molecular complexity index is 631. The van der Waals surface area contributed by atoms with Crippen LogP contribution in [0.3, 0.4) is 0 Å². The fourth-order valence-corrected chi connectivity index (χ4v) is 5.72. The lowest BCUT2D eigenvalue weighted by Gasteiger charge is -2.53. The van der Waals surface area contributed by atoms with Crippen LogP contribution in [0.2, 0.25) is 0 Å². The third kappa shape index (κ3) is 1.87. The molecule has 1 saturated heterocycles. The Labute approximate surface area is 137 Å². The van der Waals surface area contributed by atoms with Gasteiger partial charge in [0.15, 0.2) is 5.78 Å². The predicted octanol–water partition coefficient (Wildman–Crippen LogP) is 3.54. The molecule has 4 atom stereocenters. The predicted molar refractivity (Wildman–Crippen MR) is 84.5 cm³/mol. The summed E-state index contributed by atoms with van der Waals surface area (Å²) in [5, 5.41) is 0. The van der Waals surface area contributed by atoms with Crippen molar-refractivity contribution in [2.75, 3.05) is 0 Å². The largest absolute Gasteiger partial charge is 0.425 e. The van der Waals surface area contributed by atoms with Gasteiger partial charge in [0.2, 0.25) is 5.79 Å². The maximum Gasteiger partial charge on any atom is 0.338 e. The van der Waals surface area contributed by atoms with Gasteiger partial charge in [0.05, 0.1) is 17.3 Å². The zero-order valence-electron chi connectivity index (χ0n) is 14.5. The lowest BCUT2D eigenvalue weighted by atomic mass is 9.50. The van der Waals surface area contributed by atoms with Crippen molar-refractivity contribution < 1.29 is 19.1 Å². The number of hydrogen-bond donors (Lipinski definition) is 0. The topological polar surface area (TPSA) is 52.6 Å². The van der Waals surface area contributed by atoms with E-state index in [1.165, 1.54) is 0 Å². The number of hydrogen-bond acceptors (Lipinski definition) is 4. The van der Waals surface area contributed by atoms with E-state index in [1.54, 1.807) is 0 Å². The molecule has 1 spiro atoms. The first-order chi connectivity index (χ1) is 10.7. The smallest absolute Gasteiger partial charge is 0.338 e. The van der Waals surface area contributed by atoms with Crippen LogP contribution in [0.1, 0.15) is 66.2 Å². The highest BCUT2D eigenvalue weighted by Gasteiger charge is 2.64. The van der Waals surface area contributed by atoms with Crippen molar-refractivity contribution >= 4 is 11.8 Å². The lowest BCUT2D eigenvalue weighted by molar-refractivity contribution is -0.194. The number of ether oxygens (including phenoxy) is 2. The molecule has 4 nitrogen and oxygen atoms in total. The molecule has 0 amide bonds. The van der Waals surface area contributed by atoms with Gasteiger partial charge in [-0.3, -0.25) is 4.79 Å². The zero-order chi connectivity index (χ0) is 16.6. The third-order valence-electron chi connectivity index (χ3n) is 6.83. The minimum Gasteiger partial charge on any atom is -0.425 e. The molecule has 0 radical (unpaired) electrons. The lowest BCUT2D eigenvalue weighted by Crippen LogP contribution is -2.49. The molecule has 0 aromatic rings. The standard InChI is InChI=1S/C19H26O4/c1-11-6-9-19(22-11)14-12(20)10-13-17(2,3)7-5-8-18(13,4)15(14)16(21)23-19/h11,13H,5-10H2,1-4H3/t11-,13+,18+,19+/m1/s1. The van der Waals surface area contributed by atoms with E-state index in [2.05, 4.69) is 20.8 Å². The van der Waals surface area contributed by atoms with Gasteiger partial charge in [-0.1, -0.05) is 27.2 Å². The van der Waals surface area contributed by atoms with Crippen LogP contribution >= 0.6 is 0 Å². The number of ketones is 1. The van der Waals surface area contributed by atoms with Gasteiger partial charge >= 0.3 is 5.97 Å². The van der Waals surface area contributed by atoms with E-state index >= 15 is 0 Å². The Hall–Kier alpha value is -1.16. The summed E-state index contributed by atoms with van der Waals surface area (Å²) >= 11 is 0. The van der Waals surface area contributed by atoms with Gasteiger partial charge in [-0.25, -0.2) is 4.79 Å². The molecule has 126 valence electrons. The van der Waals surface area contributed by atoms with E-state index in [-0.39, 0.29) is 34.6 Å². The molecule has 2 heterocycles. The third-order valence-corrected chi connectivity index (χ3v) is 6.83. The first-order valence-electron chi connectivity index (χ1n) is 8.89. The number of carbonyl (C=O) groups excluding carboxylic acids is 2. The van der Waals surface area contributed by atoms with Crippen LogP contribution in [-0.2, 0) is 19.1 Å². The Kier molecular flexibility index (Phi) is 2.99. The van der Waals surface area contributed by atoms with Crippen molar-refractivity contribution in [2.24, 2.45) is 16.7 Å². The summed E-state index contributed by atoms with van der Waals surface area (Å²) in [6.07, 6.45) is 5.11. The second-order valence-electron chi connectivity index (χ2n) is 8.80. The van der Waals surface area contributed by atoms with E-state index < -0.39 is 5.79 Å². The van der Waals surface area contributed by atoms with Crippen LogP contribution in [0.15, 0.2) is 11.1 Å². The van der Waals surface area contributed by atoms with E-state index in [4.69, 9.17) is 9.47 Å². The van der Waals surface area contributed by atoms with Gasteiger partial charge in [0, 0.05) is 18.3 Å². The highest BCUT2D eigenvalue weighted by Crippen LogP contribution is 2.62. The van der Waals surface area contributed by atoms with Gasteiger partial charge < -0.3 is 9.47 Å². The average molecular weight is 318 g/mol. The fourth-order valence-electron chi connectivity index (χ4n) is 5.72. The molecule has 2 fully saturated rings. The van der Waals surface area contributed by atoms with Crippen molar-refractivity contribution in [1.29, 1.82) is 0 Å². The Morgan fingerprint density at radius 1 is 1.04 bits per heavy atom. The second-order valence-corrected chi connectivity index (χ2v) is 8.80. The zero-order valence-corrected chi connectivity index (χ0v) is 14.5. The number of Topliss-reactive ketones (excluding diaryl/α,β-unsaturated/α-hetero) is 1. The van der Waals surface area contributed by atoms with Crippen LogP contribution in [0, 0.1) is 16.7 Å². The van der Waals surface area contributed by atoms with Crippen molar-refractivity contribution in [2.45, 2.75) is 78.1 Å². The molecular weight excluding hydrogens is 292 g/mol. The summed E-state index contributed by atoms with van der Waals surface area (Å²) in [6.45, 7) is 8.61. The minimum atomic E-state index is -1.08. The van der Waals surface area contributed by atoms with Crippen molar-refractivity contribution in [1.82, 2.24) is 0 Å². The van der Waals surface area contributed by atoms with E-state index in [0.717, 1.165) is 25.7 Å². The summed E-state index contributed by atoms with van der Waals surface area (Å²) in [5.74, 6) is -1.13. The molecule has 4 aliphatic rings. The number of fused-ring (bicyclic) bond motifs is 3. The van der Waals surface area contributed by atoms with Crippen LogP contribution in [0.5, 0.6) is 0 Å². The van der Waals surface area contributed by atoms with Gasteiger partial charge in [-0.2, -0.15) is 0 Å². The molecular formula is C19H26O4. The van der Waals surface area contributed by atoms with Gasteiger partial charge in [-0.15, -0.1) is 0 Å². The quantitative estimate of drug-likeness (QED) is 0.641. The number of carbonyl (C=O) groups is 2. The van der Waals surface area contributed by atoms with Gasteiger partial charge in [-0.05, 0) is 37.5 Å². The summed E-state index contributed by atoms with van der Waals surface area (Å²) < 4.78 is 11.7. The van der Waals surface area contributed by atoms with E-state index in [9.17, 15) is 9.59 Å². The van der Waals surface area contributed by atoms with Gasteiger partial charge in [0.25, 0.3) is 0 Å². The highest BCUT2D eigenvalue weighted by atomic mass is 16.7. The van der Waals surface area contributed by atoms with Crippen molar-refractivity contribution in [3.63, 3.8) is 0 Å². The molecule has 23 heavy (non-hydrogen) atoms. The Morgan fingerprint density at radius 3 is 2.43 bits per heavy atom. The first-order valence-corrected chi connectivity index (χ1v) is 8.89. The summed E-state index contributed by atoms with van der Waals surface area (Å²) in [5.41, 5.74) is 1.01. The molecule has 4 heteroatoms. The first kappa shape index (κ1) is 15.4. The highest BCUT2D eigenvalue weighted by molar-refractivity contribution is 6.10. The molecule has 0 aromatic heterocycles. The molecule has 2 aliphatic heterocycles. The maximum absolute atomic E-state index is 13.0. The Balaban J connectivity index is 1.88. The summed E-state index contributed by atoms with van der Waals surface area (Å²) in [7, 11) is 0. The number of rotatable bonds is 0. The summed E-state index contributed by atoms with van der Waals surface area (Å²) in [4.78, 5) is 25.8. The van der Waals surface area contributed by atoms with Crippen LogP contribution in [0.4, 0.5) is 0 Å². The van der Waals surface area contributed by atoms with Crippen LogP contribution < -0.4 is 0 Å². The fraction of sp³-hybridized carbons (Fsp3) is 0.789. The van der Waals surface area contributed by atoms with Crippen LogP contribution in [0.25, 0.3) is 0 Å². The monoisotopic (exact) mass is 318 g/mol. The second kappa shape index (κ2) is 4.47. The molecule has 0 bridgehead atoms. The SMILES string of the molecule is C[C@@H]1CC[C@@]2(OC(=O)C3=C2C(=O)C[C@H]2C(C)(C)CCC[C@]32C)O1. The molecule has 2 aliphatic carbocycles. The molecule has 4 rings (SSSR count). The van der Waals surface area contributed by atoms with Crippen LogP contribution in [-0.4, -0.2) is 23.6 Å². The van der Waals surface area contributed by atoms with Gasteiger partial charge in [0.1, 0.15) is 0 Å². The summed E-state index contributed by atoms with van der Waals surface area (Å²) in [6, 6.07) is 0. The van der Waals surface area contributed by atoms with E-state index in [1.807, 2.05) is 6.92 Å². The molecule has 0 aromatic carbocycles. The molecule has 1 saturated carbocycles. The maximum atomic E-state index is 13.0. The van der Waals surface area contributed by atoms with Crippen molar-refractivity contribution in [3.8, 4) is 0 Å². The Morgan fingerprint density at radius 2 is 1.78 bits per heavy atom. The minimum absolute atomic E-state index is 0.0239. The average Bonchev–Trinajstić information content (AvgIpc) is 2.94. The normalized spacial score (nSPS) is 45.2. The molecule has 0 unspecified atom stereocenters. The number of esters is 1.